The van der Waals surface area contributed by atoms with Crippen LogP contribution in [0.3, 0.4) is 0 Å². The van der Waals surface area contributed by atoms with Crippen LogP contribution in [0.25, 0.3) is 0 Å². The Balaban J connectivity index is 1.71. The second-order valence-electron chi connectivity index (χ2n) is 5.55. The molecule has 2 heterocycles. The number of imide groups is 1. The fraction of sp³-hybridized carbons (Fsp3) is 0.467. The number of hydrogen-bond acceptors (Lipinski definition) is 4. The van der Waals surface area contributed by atoms with Crippen LogP contribution in [0.4, 0.5) is 5.69 Å². The summed E-state index contributed by atoms with van der Waals surface area (Å²) in [7, 11) is 0. The smallest absolute Gasteiger partial charge is 0.237 e. The van der Waals surface area contributed by atoms with Gasteiger partial charge in [-0.05, 0) is 25.0 Å². The Labute approximate surface area is 116 Å². The van der Waals surface area contributed by atoms with Gasteiger partial charge in [-0.15, -0.1) is 0 Å². The fourth-order valence-electron chi connectivity index (χ4n) is 3.44. The second-order valence-corrected chi connectivity index (χ2v) is 5.55. The molecule has 1 aromatic rings. The third kappa shape index (κ3) is 1.55. The highest BCUT2D eigenvalue weighted by Gasteiger charge is 2.48. The molecule has 2 fully saturated rings. The van der Waals surface area contributed by atoms with Crippen LogP contribution < -0.4 is 14.4 Å². The van der Waals surface area contributed by atoms with Gasteiger partial charge in [0.15, 0.2) is 11.5 Å². The number of ether oxygens (including phenoxy) is 2. The molecule has 4 rings (SSSR count). The van der Waals surface area contributed by atoms with Crippen LogP contribution in [-0.4, -0.2) is 18.6 Å². The normalized spacial score (nSPS) is 27.9. The van der Waals surface area contributed by atoms with Crippen molar-refractivity contribution in [1.82, 2.24) is 0 Å². The summed E-state index contributed by atoms with van der Waals surface area (Å²) in [6.07, 6.45) is 3.73. The third-order valence-corrected chi connectivity index (χ3v) is 4.46. The SMILES string of the molecule is O=C1C2CCCCC2C(=O)N1c1ccc2c(c1)OCO2. The van der Waals surface area contributed by atoms with Gasteiger partial charge in [-0.1, -0.05) is 12.8 Å². The van der Waals surface area contributed by atoms with Crippen molar-refractivity contribution in [3.8, 4) is 11.5 Å². The van der Waals surface area contributed by atoms with E-state index in [1.165, 1.54) is 4.90 Å². The maximum atomic E-state index is 12.5. The predicted molar refractivity (Wildman–Crippen MR) is 70.5 cm³/mol. The van der Waals surface area contributed by atoms with Crippen LogP contribution in [0, 0.1) is 11.8 Å². The highest BCUT2D eigenvalue weighted by molar-refractivity contribution is 6.22. The highest BCUT2D eigenvalue weighted by Crippen LogP contribution is 2.42. The van der Waals surface area contributed by atoms with Gasteiger partial charge in [0, 0.05) is 6.07 Å². The monoisotopic (exact) mass is 273 g/mol. The number of carbonyl (C=O) groups is 2. The molecular formula is C15H15NO4. The van der Waals surface area contributed by atoms with E-state index in [0.717, 1.165) is 25.7 Å². The average molecular weight is 273 g/mol. The highest BCUT2D eigenvalue weighted by atomic mass is 16.7. The predicted octanol–water partition coefficient (Wildman–Crippen LogP) is 2.09. The molecule has 104 valence electrons. The maximum Gasteiger partial charge on any atom is 0.237 e. The van der Waals surface area contributed by atoms with Gasteiger partial charge in [-0.3, -0.25) is 9.59 Å². The molecule has 0 aromatic heterocycles. The number of amides is 2. The molecule has 1 saturated carbocycles. The molecule has 20 heavy (non-hydrogen) atoms. The minimum absolute atomic E-state index is 0.0569. The number of fused-ring (bicyclic) bond motifs is 2. The van der Waals surface area contributed by atoms with Crippen LogP contribution in [-0.2, 0) is 9.59 Å². The zero-order chi connectivity index (χ0) is 13.7. The lowest BCUT2D eigenvalue weighted by Crippen LogP contribution is -2.30. The summed E-state index contributed by atoms with van der Waals surface area (Å²) in [5.74, 6) is 0.892. The van der Waals surface area contributed by atoms with Gasteiger partial charge in [0.2, 0.25) is 18.6 Å². The number of rotatable bonds is 1. The van der Waals surface area contributed by atoms with E-state index in [1.54, 1.807) is 18.2 Å². The van der Waals surface area contributed by atoms with E-state index in [1.807, 2.05) is 0 Å². The number of carbonyl (C=O) groups excluding carboxylic acids is 2. The van der Waals surface area contributed by atoms with Crippen molar-refractivity contribution in [3.05, 3.63) is 18.2 Å². The summed E-state index contributed by atoms with van der Waals surface area (Å²) in [4.78, 5) is 26.3. The fourth-order valence-corrected chi connectivity index (χ4v) is 3.44. The largest absolute Gasteiger partial charge is 0.454 e. The van der Waals surface area contributed by atoms with Gasteiger partial charge >= 0.3 is 0 Å². The van der Waals surface area contributed by atoms with Gasteiger partial charge in [0.05, 0.1) is 17.5 Å². The van der Waals surface area contributed by atoms with E-state index in [4.69, 9.17) is 9.47 Å². The molecule has 3 aliphatic rings. The first-order valence-electron chi connectivity index (χ1n) is 7.03. The Morgan fingerprint density at radius 1 is 0.950 bits per heavy atom. The molecule has 1 saturated heterocycles. The molecule has 2 aliphatic heterocycles. The van der Waals surface area contributed by atoms with Crippen LogP contribution in [0.2, 0.25) is 0 Å². The summed E-state index contributed by atoms with van der Waals surface area (Å²) < 4.78 is 10.6. The van der Waals surface area contributed by atoms with Gasteiger partial charge in [-0.2, -0.15) is 0 Å². The van der Waals surface area contributed by atoms with Crippen molar-refractivity contribution in [2.75, 3.05) is 11.7 Å². The van der Waals surface area contributed by atoms with E-state index in [-0.39, 0.29) is 30.4 Å². The van der Waals surface area contributed by atoms with Crippen molar-refractivity contribution in [2.45, 2.75) is 25.7 Å². The molecule has 1 aliphatic carbocycles. The summed E-state index contributed by atoms with van der Waals surface area (Å²) in [6, 6.07) is 5.22. The molecule has 0 radical (unpaired) electrons. The number of nitrogens with zero attached hydrogens (tertiary/aromatic N) is 1. The van der Waals surface area contributed by atoms with E-state index in [0.29, 0.717) is 17.2 Å². The molecule has 0 bridgehead atoms. The van der Waals surface area contributed by atoms with Gasteiger partial charge in [0.1, 0.15) is 0 Å². The molecule has 5 nitrogen and oxygen atoms in total. The van der Waals surface area contributed by atoms with Gasteiger partial charge < -0.3 is 9.47 Å². The van der Waals surface area contributed by atoms with Crippen LogP contribution in [0.1, 0.15) is 25.7 Å². The Kier molecular flexibility index (Phi) is 2.49. The average Bonchev–Trinajstić information content (AvgIpc) is 3.03. The topological polar surface area (TPSA) is 55.8 Å². The van der Waals surface area contributed by atoms with Crippen molar-refractivity contribution in [3.63, 3.8) is 0 Å². The minimum Gasteiger partial charge on any atom is -0.454 e. The van der Waals surface area contributed by atoms with Crippen LogP contribution in [0.5, 0.6) is 11.5 Å². The van der Waals surface area contributed by atoms with Crippen molar-refractivity contribution >= 4 is 17.5 Å². The summed E-state index contributed by atoms with van der Waals surface area (Å²) in [5, 5.41) is 0. The van der Waals surface area contributed by atoms with Crippen LogP contribution >= 0.6 is 0 Å². The number of anilines is 1. The van der Waals surface area contributed by atoms with Gasteiger partial charge in [-0.25, -0.2) is 4.90 Å². The summed E-state index contributed by atoms with van der Waals surface area (Å²) in [5.41, 5.74) is 0.596. The zero-order valence-corrected chi connectivity index (χ0v) is 11.0. The molecule has 0 N–H and O–H groups in total. The minimum atomic E-state index is -0.123. The van der Waals surface area contributed by atoms with Crippen molar-refractivity contribution < 1.29 is 19.1 Å². The first kappa shape index (κ1) is 11.8. The van der Waals surface area contributed by atoms with E-state index >= 15 is 0 Å². The van der Waals surface area contributed by atoms with Crippen molar-refractivity contribution in [1.29, 1.82) is 0 Å². The summed E-state index contributed by atoms with van der Waals surface area (Å²) >= 11 is 0. The molecule has 0 spiro atoms. The lowest BCUT2D eigenvalue weighted by molar-refractivity contribution is -0.122. The van der Waals surface area contributed by atoms with Crippen molar-refractivity contribution in [2.24, 2.45) is 11.8 Å². The maximum absolute atomic E-state index is 12.5. The molecule has 2 amide bonds. The molecule has 2 unspecified atom stereocenters. The third-order valence-electron chi connectivity index (χ3n) is 4.46. The standard InChI is InChI=1S/C15H15NO4/c17-14-10-3-1-2-4-11(10)15(18)16(14)9-5-6-12-13(7-9)20-8-19-12/h5-7,10-11H,1-4,8H2. The lowest BCUT2D eigenvalue weighted by Gasteiger charge is -2.19. The Hall–Kier alpha value is -2.04. The Bertz CT molecular complexity index is 574. The number of hydrogen-bond donors (Lipinski definition) is 0. The molecule has 5 heteroatoms. The number of benzene rings is 1. The zero-order valence-electron chi connectivity index (χ0n) is 11.0. The lowest BCUT2D eigenvalue weighted by atomic mass is 9.81. The van der Waals surface area contributed by atoms with E-state index in [2.05, 4.69) is 0 Å². The van der Waals surface area contributed by atoms with E-state index in [9.17, 15) is 9.59 Å². The van der Waals surface area contributed by atoms with Gasteiger partial charge in [0.25, 0.3) is 0 Å². The summed E-state index contributed by atoms with van der Waals surface area (Å²) in [6.45, 7) is 0.186. The van der Waals surface area contributed by atoms with E-state index < -0.39 is 0 Å². The Morgan fingerprint density at radius 2 is 1.60 bits per heavy atom. The quantitative estimate of drug-likeness (QED) is 0.735. The first-order chi connectivity index (χ1) is 9.75. The van der Waals surface area contributed by atoms with Crippen LogP contribution in [0.15, 0.2) is 18.2 Å². The molecule has 2 atom stereocenters. The molecular weight excluding hydrogens is 258 g/mol. The second kappa shape index (κ2) is 4.23. The first-order valence-corrected chi connectivity index (χ1v) is 7.03. The molecule has 1 aromatic carbocycles. The Morgan fingerprint density at radius 3 is 2.30 bits per heavy atom.